The predicted octanol–water partition coefficient (Wildman–Crippen LogP) is 2.53. The molecule has 1 heterocycles. The number of methoxy groups -OCH3 is 1. The van der Waals surface area contributed by atoms with E-state index in [1.807, 2.05) is 60.7 Å². The van der Waals surface area contributed by atoms with Gasteiger partial charge in [0.1, 0.15) is 12.2 Å². The summed E-state index contributed by atoms with van der Waals surface area (Å²) in [6.07, 6.45) is -4.06. The topological polar surface area (TPSA) is 124 Å². The van der Waals surface area contributed by atoms with Crippen molar-refractivity contribution in [3.8, 4) is 0 Å². The number of hydrogen-bond donors (Lipinski definition) is 0. The third-order valence-corrected chi connectivity index (χ3v) is 12.8. The van der Waals surface area contributed by atoms with Gasteiger partial charge in [-0.3, -0.25) is 13.8 Å². The highest BCUT2D eigenvalue weighted by molar-refractivity contribution is 7.86. The molecule has 3 rings (SSSR count). The summed E-state index contributed by atoms with van der Waals surface area (Å²) in [6.45, 7) is 9.92. The molecule has 2 aromatic rings. The molecule has 0 N–H and O–H groups in total. The molecule has 0 aliphatic carbocycles. The average molecular weight is 609 g/mol. The molecular formula is C29H40O10SSi. The van der Waals surface area contributed by atoms with E-state index in [-0.39, 0.29) is 6.61 Å². The molecule has 226 valence electrons. The first-order valence-electron chi connectivity index (χ1n) is 13.3. The maximum atomic E-state index is 12.3. The van der Waals surface area contributed by atoms with Gasteiger partial charge >= 0.3 is 11.9 Å². The van der Waals surface area contributed by atoms with E-state index in [1.54, 1.807) is 0 Å². The number of benzene rings is 2. The van der Waals surface area contributed by atoms with Crippen molar-refractivity contribution in [1.82, 2.24) is 0 Å². The van der Waals surface area contributed by atoms with Crippen molar-refractivity contribution >= 4 is 40.7 Å². The van der Waals surface area contributed by atoms with Crippen molar-refractivity contribution in [1.29, 1.82) is 0 Å². The SMILES string of the molecule is CO[C@H]1[C@@H](OC(C)=O)C(OC(C)=O)O[C@@]1(CO[Si](c1ccccc1)(c1ccccc1)C(C)(C)C)[C@H](C)OS(C)(=O)=O. The number of rotatable bonds is 11. The molecule has 1 fully saturated rings. The smallest absolute Gasteiger partial charge is 0.305 e. The van der Waals surface area contributed by atoms with Crippen LogP contribution in [0.25, 0.3) is 0 Å². The van der Waals surface area contributed by atoms with E-state index >= 15 is 0 Å². The lowest BCUT2D eigenvalue weighted by molar-refractivity contribution is -0.221. The zero-order valence-electron chi connectivity index (χ0n) is 24.8. The highest BCUT2D eigenvalue weighted by Crippen LogP contribution is 2.43. The van der Waals surface area contributed by atoms with Crippen LogP contribution >= 0.6 is 0 Å². The molecule has 2 aromatic carbocycles. The second-order valence-electron chi connectivity index (χ2n) is 11.2. The third-order valence-electron chi connectivity index (χ3n) is 7.16. The summed E-state index contributed by atoms with van der Waals surface area (Å²) in [4.78, 5) is 24.1. The van der Waals surface area contributed by atoms with Crippen molar-refractivity contribution in [3.63, 3.8) is 0 Å². The molecule has 1 saturated heterocycles. The van der Waals surface area contributed by atoms with Crippen molar-refractivity contribution < 1.29 is 45.6 Å². The summed E-state index contributed by atoms with van der Waals surface area (Å²) in [5.41, 5.74) is -1.69. The fraction of sp³-hybridized carbons (Fsp3) is 0.517. The van der Waals surface area contributed by atoms with Gasteiger partial charge in [0, 0.05) is 21.0 Å². The van der Waals surface area contributed by atoms with E-state index in [0.29, 0.717) is 0 Å². The van der Waals surface area contributed by atoms with Gasteiger partial charge < -0.3 is 23.4 Å². The Labute approximate surface area is 243 Å². The monoisotopic (exact) mass is 608 g/mol. The lowest BCUT2D eigenvalue weighted by Crippen LogP contribution is -2.69. The van der Waals surface area contributed by atoms with Crippen LogP contribution in [-0.4, -0.2) is 78.8 Å². The zero-order chi connectivity index (χ0) is 30.6. The number of ether oxygens (including phenoxy) is 4. The van der Waals surface area contributed by atoms with Crippen molar-refractivity contribution in [2.75, 3.05) is 20.0 Å². The van der Waals surface area contributed by atoms with Crippen LogP contribution in [0.2, 0.25) is 5.04 Å². The molecule has 1 aliphatic rings. The first-order chi connectivity index (χ1) is 19.1. The quantitative estimate of drug-likeness (QED) is 0.214. The molecule has 12 heteroatoms. The van der Waals surface area contributed by atoms with E-state index in [0.717, 1.165) is 16.6 Å². The highest BCUT2D eigenvalue weighted by atomic mass is 32.2. The fourth-order valence-corrected chi connectivity index (χ4v) is 10.8. The van der Waals surface area contributed by atoms with Gasteiger partial charge in [0.15, 0.2) is 11.7 Å². The molecular weight excluding hydrogens is 568 g/mol. The Morgan fingerprint density at radius 2 is 1.44 bits per heavy atom. The van der Waals surface area contributed by atoms with E-state index in [9.17, 15) is 18.0 Å². The number of hydrogen-bond acceptors (Lipinski definition) is 10. The molecule has 0 saturated carbocycles. The van der Waals surface area contributed by atoms with E-state index in [4.69, 9.17) is 27.6 Å². The Hall–Kier alpha value is -2.61. The molecule has 5 atom stereocenters. The van der Waals surface area contributed by atoms with Crippen LogP contribution in [0.1, 0.15) is 41.5 Å². The average Bonchev–Trinajstić information content (AvgIpc) is 3.15. The standard InChI is InChI=1S/C29H40O10SSi/c1-20(39-40(8,32)33)29(26(34-7)25(36-21(2)30)27(38-29)37-22(3)31)19-35-41(28(4,5)6,23-15-11-9-12-16-23)24-17-13-10-14-18-24/h9-18,20,25-27H,19H2,1-8H3/t20-,25+,26-,27?,29-/m0/s1. The van der Waals surface area contributed by atoms with Gasteiger partial charge in [-0.15, -0.1) is 0 Å². The van der Waals surface area contributed by atoms with Gasteiger partial charge in [-0.25, -0.2) is 0 Å². The van der Waals surface area contributed by atoms with Crippen LogP contribution in [0.4, 0.5) is 0 Å². The normalized spacial score (nSPS) is 24.0. The summed E-state index contributed by atoms with van der Waals surface area (Å²) < 4.78 is 60.3. The summed E-state index contributed by atoms with van der Waals surface area (Å²) >= 11 is 0. The molecule has 0 spiro atoms. The van der Waals surface area contributed by atoms with Gasteiger partial charge in [0.05, 0.1) is 12.9 Å². The first-order valence-corrected chi connectivity index (χ1v) is 17.0. The molecule has 0 amide bonds. The van der Waals surface area contributed by atoms with Crippen molar-refractivity contribution in [3.05, 3.63) is 60.7 Å². The van der Waals surface area contributed by atoms with Gasteiger partial charge in [-0.2, -0.15) is 8.42 Å². The van der Waals surface area contributed by atoms with Gasteiger partial charge in [0.2, 0.25) is 6.29 Å². The van der Waals surface area contributed by atoms with Gasteiger partial charge in [-0.1, -0.05) is 81.4 Å². The largest absolute Gasteiger partial charge is 0.453 e. The Bertz CT molecular complexity index is 1260. The minimum atomic E-state index is -3.99. The number of esters is 2. The molecule has 0 radical (unpaired) electrons. The summed E-state index contributed by atoms with van der Waals surface area (Å²) in [5, 5.41) is 1.53. The van der Waals surface area contributed by atoms with Crippen LogP contribution in [0.15, 0.2) is 60.7 Å². The van der Waals surface area contributed by atoms with Crippen LogP contribution < -0.4 is 10.4 Å². The molecule has 1 aliphatic heterocycles. The minimum absolute atomic E-state index is 0.245. The van der Waals surface area contributed by atoms with Crippen LogP contribution in [0, 0.1) is 0 Å². The Morgan fingerprint density at radius 1 is 0.951 bits per heavy atom. The minimum Gasteiger partial charge on any atom is -0.453 e. The number of carbonyl (C=O) groups excluding carboxylic acids is 2. The van der Waals surface area contributed by atoms with Gasteiger partial charge in [-0.05, 0) is 22.3 Å². The third kappa shape index (κ3) is 7.07. The van der Waals surface area contributed by atoms with Crippen LogP contribution in [0.5, 0.6) is 0 Å². The second-order valence-corrected chi connectivity index (χ2v) is 17.1. The fourth-order valence-electron chi connectivity index (χ4n) is 5.56. The van der Waals surface area contributed by atoms with E-state index in [1.165, 1.54) is 27.9 Å². The van der Waals surface area contributed by atoms with Gasteiger partial charge in [0.25, 0.3) is 18.4 Å². The maximum Gasteiger partial charge on any atom is 0.305 e. The van der Waals surface area contributed by atoms with Crippen molar-refractivity contribution in [2.45, 2.75) is 76.8 Å². The summed E-state index contributed by atoms with van der Waals surface area (Å²) in [5.74, 6) is -1.36. The molecule has 0 aromatic heterocycles. The maximum absolute atomic E-state index is 12.3. The van der Waals surface area contributed by atoms with E-state index < -0.39 is 65.6 Å². The highest BCUT2D eigenvalue weighted by Gasteiger charge is 2.64. The Kier molecular flexibility index (Phi) is 10.2. The Morgan fingerprint density at radius 3 is 1.83 bits per heavy atom. The van der Waals surface area contributed by atoms with Crippen LogP contribution in [0.3, 0.4) is 0 Å². The van der Waals surface area contributed by atoms with E-state index in [2.05, 4.69) is 20.8 Å². The molecule has 10 nitrogen and oxygen atoms in total. The van der Waals surface area contributed by atoms with Crippen molar-refractivity contribution in [2.24, 2.45) is 0 Å². The second kappa shape index (κ2) is 12.7. The summed E-state index contributed by atoms with van der Waals surface area (Å²) in [7, 11) is -5.80. The Balaban J connectivity index is 2.24. The lowest BCUT2D eigenvalue weighted by Gasteiger charge is -2.46. The molecule has 41 heavy (non-hydrogen) atoms. The molecule has 1 unspecified atom stereocenters. The van der Waals surface area contributed by atoms with Crippen LogP contribution in [-0.2, 0) is 47.3 Å². The summed E-state index contributed by atoms with van der Waals surface area (Å²) in [6, 6.07) is 19.7. The predicted molar refractivity (Wildman–Crippen MR) is 155 cm³/mol. The number of carbonyl (C=O) groups is 2. The lowest BCUT2D eigenvalue weighted by atomic mass is 9.90. The molecule has 0 bridgehead atoms. The first kappa shape index (κ1) is 32.9. The zero-order valence-corrected chi connectivity index (χ0v) is 26.6.